The first kappa shape index (κ1) is 15.3. The highest BCUT2D eigenvalue weighted by molar-refractivity contribution is 7.89. The third-order valence-corrected chi connectivity index (χ3v) is 5.20. The molecule has 1 aliphatic carbocycles. The molecule has 0 saturated heterocycles. The summed E-state index contributed by atoms with van der Waals surface area (Å²) < 4.78 is 40.0. The molecule has 20 heavy (non-hydrogen) atoms. The lowest BCUT2D eigenvalue weighted by atomic mass is 9.75. The lowest BCUT2D eigenvalue weighted by Gasteiger charge is -2.35. The summed E-state index contributed by atoms with van der Waals surface area (Å²) in [4.78, 5) is 3.57. The van der Waals surface area contributed by atoms with Crippen molar-refractivity contribution in [2.45, 2.75) is 37.1 Å². The molecule has 0 aromatic carbocycles. The number of sulfonamides is 1. The summed E-state index contributed by atoms with van der Waals surface area (Å²) in [7, 11) is -3.99. The number of rotatable bonds is 5. The van der Waals surface area contributed by atoms with Crippen LogP contribution >= 0.6 is 0 Å². The van der Waals surface area contributed by atoms with Gasteiger partial charge in [0, 0.05) is 24.8 Å². The maximum Gasteiger partial charge on any atom is 0.261 e. The van der Waals surface area contributed by atoms with Gasteiger partial charge in [-0.15, -0.1) is 0 Å². The largest absolute Gasteiger partial charge is 0.396 e. The Morgan fingerprint density at radius 3 is 2.65 bits per heavy atom. The van der Waals surface area contributed by atoms with Gasteiger partial charge in [0.05, 0.1) is 0 Å². The van der Waals surface area contributed by atoms with Crippen LogP contribution in [0.5, 0.6) is 0 Å². The third kappa shape index (κ3) is 3.34. The molecule has 1 saturated carbocycles. The predicted octanol–water partition coefficient (Wildman–Crippen LogP) is 1.44. The number of halogens is 1. The van der Waals surface area contributed by atoms with Gasteiger partial charge in [0.2, 0.25) is 5.03 Å². The van der Waals surface area contributed by atoms with Crippen LogP contribution in [0.1, 0.15) is 32.1 Å². The molecular formula is C13H19FN2O3S. The molecule has 2 rings (SSSR count). The molecule has 0 radical (unpaired) electrons. The van der Waals surface area contributed by atoms with Crippen molar-refractivity contribution in [1.29, 1.82) is 0 Å². The van der Waals surface area contributed by atoms with Gasteiger partial charge in [-0.3, -0.25) is 0 Å². The fourth-order valence-corrected chi connectivity index (χ4v) is 3.74. The SMILES string of the molecule is O=S(=O)(NCC1(CO)CCCCC1)c1ncccc1F. The van der Waals surface area contributed by atoms with E-state index < -0.39 is 26.3 Å². The number of aromatic nitrogens is 1. The Morgan fingerprint density at radius 2 is 2.05 bits per heavy atom. The van der Waals surface area contributed by atoms with Crippen molar-refractivity contribution in [3.8, 4) is 0 Å². The maximum absolute atomic E-state index is 13.5. The molecule has 5 nitrogen and oxygen atoms in total. The van der Waals surface area contributed by atoms with E-state index in [9.17, 15) is 17.9 Å². The van der Waals surface area contributed by atoms with Crippen molar-refractivity contribution in [1.82, 2.24) is 9.71 Å². The molecule has 112 valence electrons. The monoisotopic (exact) mass is 302 g/mol. The van der Waals surface area contributed by atoms with Crippen molar-refractivity contribution in [2.24, 2.45) is 5.41 Å². The Hall–Kier alpha value is -1.05. The Bertz CT molecular complexity index is 556. The summed E-state index contributed by atoms with van der Waals surface area (Å²) >= 11 is 0. The molecular weight excluding hydrogens is 283 g/mol. The van der Waals surface area contributed by atoms with Gasteiger partial charge < -0.3 is 5.11 Å². The van der Waals surface area contributed by atoms with Gasteiger partial charge in [0.25, 0.3) is 10.0 Å². The first-order valence-corrected chi connectivity index (χ1v) is 8.18. The fraction of sp³-hybridized carbons (Fsp3) is 0.615. The summed E-state index contributed by atoms with van der Waals surface area (Å²) in [6, 6.07) is 2.40. The van der Waals surface area contributed by atoms with Gasteiger partial charge in [-0.25, -0.2) is 22.5 Å². The van der Waals surface area contributed by atoms with Crippen molar-refractivity contribution in [2.75, 3.05) is 13.2 Å². The van der Waals surface area contributed by atoms with Crippen molar-refractivity contribution in [3.05, 3.63) is 24.1 Å². The minimum Gasteiger partial charge on any atom is -0.396 e. The van der Waals surface area contributed by atoms with Crippen molar-refractivity contribution < 1.29 is 17.9 Å². The summed E-state index contributed by atoms with van der Waals surface area (Å²) in [5.41, 5.74) is -0.434. The van der Waals surface area contributed by atoms with Gasteiger partial charge in [-0.2, -0.15) is 0 Å². The number of nitrogens with zero attached hydrogens (tertiary/aromatic N) is 1. The standard InChI is InChI=1S/C13H19FN2O3S/c14-11-5-4-8-15-12(11)20(18,19)16-9-13(10-17)6-2-1-3-7-13/h4-5,8,16-17H,1-3,6-7,9-10H2. The molecule has 0 amide bonds. The van der Waals surface area contributed by atoms with Gasteiger partial charge in [0.1, 0.15) is 0 Å². The Kier molecular flexibility index (Phi) is 4.72. The van der Waals surface area contributed by atoms with Crippen LogP contribution in [0.3, 0.4) is 0 Å². The van der Waals surface area contributed by atoms with Gasteiger partial charge in [-0.05, 0) is 25.0 Å². The molecule has 0 spiro atoms. The molecule has 1 heterocycles. The number of pyridine rings is 1. The molecule has 1 aromatic heterocycles. The quantitative estimate of drug-likeness (QED) is 0.862. The Balaban J connectivity index is 2.11. The highest BCUT2D eigenvalue weighted by Crippen LogP contribution is 2.35. The molecule has 0 aliphatic heterocycles. The van der Waals surface area contributed by atoms with Crippen LogP contribution < -0.4 is 4.72 Å². The van der Waals surface area contributed by atoms with Crippen LogP contribution in [0, 0.1) is 11.2 Å². The normalized spacial score (nSPS) is 18.9. The molecule has 7 heteroatoms. The van der Waals surface area contributed by atoms with Crippen LogP contribution in [0.2, 0.25) is 0 Å². The second kappa shape index (κ2) is 6.15. The predicted molar refractivity (Wildman–Crippen MR) is 72.0 cm³/mol. The van der Waals surface area contributed by atoms with Crippen LogP contribution in [-0.4, -0.2) is 31.7 Å². The molecule has 0 atom stereocenters. The van der Waals surface area contributed by atoms with Crippen LogP contribution in [0.25, 0.3) is 0 Å². The third-order valence-electron chi connectivity index (χ3n) is 3.87. The molecule has 0 unspecified atom stereocenters. The number of aliphatic hydroxyl groups excluding tert-OH is 1. The van der Waals surface area contributed by atoms with E-state index in [1.165, 1.54) is 12.3 Å². The zero-order valence-electron chi connectivity index (χ0n) is 11.2. The number of hydrogen-bond donors (Lipinski definition) is 2. The van der Waals surface area contributed by atoms with Crippen molar-refractivity contribution >= 4 is 10.0 Å². The smallest absolute Gasteiger partial charge is 0.261 e. The summed E-state index contributed by atoms with van der Waals surface area (Å²) in [5.74, 6) is -0.873. The Labute approximate surface area is 118 Å². The zero-order chi connectivity index (χ0) is 14.6. The highest BCUT2D eigenvalue weighted by Gasteiger charge is 2.33. The van der Waals surface area contributed by atoms with Crippen LogP contribution in [-0.2, 0) is 10.0 Å². The molecule has 1 aromatic rings. The van der Waals surface area contributed by atoms with E-state index in [2.05, 4.69) is 9.71 Å². The minimum atomic E-state index is -3.99. The highest BCUT2D eigenvalue weighted by atomic mass is 32.2. The first-order valence-electron chi connectivity index (χ1n) is 6.70. The summed E-state index contributed by atoms with van der Waals surface area (Å²) in [5, 5.41) is 8.95. The molecule has 0 bridgehead atoms. The zero-order valence-corrected chi connectivity index (χ0v) is 12.0. The van der Waals surface area contributed by atoms with E-state index in [0.717, 1.165) is 38.2 Å². The average molecular weight is 302 g/mol. The van der Waals surface area contributed by atoms with E-state index in [0.29, 0.717) is 0 Å². The second-order valence-electron chi connectivity index (χ2n) is 5.33. The lowest BCUT2D eigenvalue weighted by Crippen LogP contribution is -2.41. The van der Waals surface area contributed by atoms with Crippen LogP contribution in [0.15, 0.2) is 23.4 Å². The van der Waals surface area contributed by atoms with Crippen LogP contribution in [0.4, 0.5) is 4.39 Å². The Morgan fingerprint density at radius 1 is 1.35 bits per heavy atom. The molecule has 2 N–H and O–H groups in total. The summed E-state index contributed by atoms with van der Waals surface area (Å²) in [6.45, 7) is 0.0437. The fourth-order valence-electron chi connectivity index (χ4n) is 2.58. The summed E-state index contributed by atoms with van der Waals surface area (Å²) in [6.07, 6.45) is 5.83. The maximum atomic E-state index is 13.5. The molecule has 1 fully saturated rings. The minimum absolute atomic E-state index is 0.0692. The van der Waals surface area contributed by atoms with Gasteiger partial charge >= 0.3 is 0 Å². The average Bonchev–Trinajstić information content (AvgIpc) is 2.47. The topological polar surface area (TPSA) is 79.3 Å². The number of aliphatic hydroxyl groups is 1. The van der Waals surface area contributed by atoms with E-state index in [1.807, 2.05) is 0 Å². The number of hydrogen-bond acceptors (Lipinski definition) is 4. The van der Waals surface area contributed by atoms with Crippen molar-refractivity contribution in [3.63, 3.8) is 0 Å². The van der Waals surface area contributed by atoms with E-state index in [-0.39, 0.29) is 13.2 Å². The van der Waals surface area contributed by atoms with E-state index >= 15 is 0 Å². The lowest BCUT2D eigenvalue weighted by molar-refractivity contribution is 0.0867. The second-order valence-corrected chi connectivity index (χ2v) is 7.02. The van der Waals surface area contributed by atoms with Gasteiger partial charge in [0.15, 0.2) is 5.82 Å². The molecule has 1 aliphatic rings. The van der Waals surface area contributed by atoms with E-state index in [1.54, 1.807) is 0 Å². The first-order chi connectivity index (χ1) is 9.49. The van der Waals surface area contributed by atoms with E-state index in [4.69, 9.17) is 0 Å². The van der Waals surface area contributed by atoms with Gasteiger partial charge in [-0.1, -0.05) is 19.3 Å². The number of nitrogens with one attached hydrogen (secondary N) is 1.